The van der Waals surface area contributed by atoms with Gasteiger partial charge in [0, 0.05) is 11.3 Å². The summed E-state index contributed by atoms with van der Waals surface area (Å²) in [6.45, 7) is 2.27. The third-order valence-corrected chi connectivity index (χ3v) is 5.81. The second-order valence-corrected chi connectivity index (χ2v) is 7.95. The van der Waals surface area contributed by atoms with Gasteiger partial charge >= 0.3 is 0 Å². The fraction of sp³-hybridized carbons (Fsp3) is 0.130. The Morgan fingerprint density at radius 1 is 1.07 bits per heavy atom. The predicted octanol–water partition coefficient (Wildman–Crippen LogP) is 5.05. The fourth-order valence-electron chi connectivity index (χ4n) is 3.22. The Kier molecular flexibility index (Phi) is 4.41. The van der Waals surface area contributed by atoms with E-state index in [1.807, 2.05) is 48.5 Å². The molecule has 5 nitrogen and oxygen atoms in total. The Labute approximate surface area is 171 Å². The van der Waals surface area contributed by atoms with Crippen LogP contribution in [0.2, 0.25) is 0 Å². The first-order chi connectivity index (χ1) is 14.2. The molecule has 29 heavy (non-hydrogen) atoms. The molecule has 1 atom stereocenters. The van der Waals surface area contributed by atoms with Crippen molar-refractivity contribution >= 4 is 33.1 Å². The van der Waals surface area contributed by atoms with Gasteiger partial charge in [-0.05, 0) is 61.0 Å². The smallest absolute Gasteiger partial charge is 0.269 e. The van der Waals surface area contributed by atoms with Crippen LogP contribution in [0.5, 0.6) is 11.5 Å². The summed E-state index contributed by atoms with van der Waals surface area (Å²) in [5.74, 6) is 1.01. The Bertz CT molecular complexity index is 1200. The van der Waals surface area contributed by atoms with Crippen molar-refractivity contribution in [1.82, 2.24) is 4.98 Å². The van der Waals surface area contributed by atoms with E-state index >= 15 is 0 Å². The number of amides is 1. The largest absolute Gasteiger partial charge is 0.485 e. The monoisotopic (exact) mass is 402 g/mol. The number of rotatable bonds is 3. The molecule has 0 saturated heterocycles. The lowest BCUT2D eigenvalue weighted by atomic mass is 10.2. The van der Waals surface area contributed by atoms with Crippen LogP contribution in [-0.4, -0.2) is 23.6 Å². The highest BCUT2D eigenvalue weighted by atomic mass is 32.1. The van der Waals surface area contributed by atoms with Crippen molar-refractivity contribution < 1.29 is 14.3 Å². The molecule has 1 N–H and O–H groups in total. The standard InChI is InChI=1S/C23H18N2O3S/c1-14-6-11-17-21(12-14)29-23(25-17)15-7-9-16(10-8-15)24-22(26)20-13-27-18-4-2-3-5-19(18)28-20/h2-12,20H,13H2,1H3,(H,24,26)/t20-/m0/s1. The summed E-state index contributed by atoms with van der Waals surface area (Å²) in [6, 6.07) is 21.3. The molecule has 144 valence electrons. The van der Waals surface area contributed by atoms with Gasteiger partial charge in [0.25, 0.3) is 5.91 Å². The Morgan fingerprint density at radius 3 is 2.69 bits per heavy atom. The maximum absolute atomic E-state index is 12.6. The number of benzene rings is 3. The van der Waals surface area contributed by atoms with Crippen LogP contribution in [0, 0.1) is 6.92 Å². The highest BCUT2D eigenvalue weighted by molar-refractivity contribution is 7.21. The van der Waals surface area contributed by atoms with E-state index in [2.05, 4.69) is 24.4 Å². The quantitative estimate of drug-likeness (QED) is 0.521. The van der Waals surface area contributed by atoms with Gasteiger partial charge in [-0.2, -0.15) is 0 Å². The summed E-state index contributed by atoms with van der Waals surface area (Å²) in [7, 11) is 0. The molecule has 0 bridgehead atoms. The number of fused-ring (bicyclic) bond motifs is 2. The molecular weight excluding hydrogens is 384 g/mol. The third kappa shape index (κ3) is 3.54. The van der Waals surface area contributed by atoms with Gasteiger partial charge in [0.2, 0.25) is 6.10 Å². The molecule has 0 aliphatic carbocycles. The van der Waals surface area contributed by atoms with Gasteiger partial charge in [0.1, 0.15) is 11.6 Å². The van der Waals surface area contributed by atoms with Gasteiger partial charge in [0.05, 0.1) is 10.2 Å². The molecule has 0 saturated carbocycles. The number of nitrogens with one attached hydrogen (secondary N) is 1. The van der Waals surface area contributed by atoms with E-state index in [0.29, 0.717) is 17.2 Å². The number of aromatic nitrogens is 1. The summed E-state index contributed by atoms with van der Waals surface area (Å²) < 4.78 is 12.5. The molecule has 3 aromatic carbocycles. The van der Waals surface area contributed by atoms with E-state index in [1.54, 1.807) is 17.4 Å². The summed E-state index contributed by atoms with van der Waals surface area (Å²) in [5.41, 5.74) is 3.95. The first kappa shape index (κ1) is 17.7. The second kappa shape index (κ2) is 7.22. The van der Waals surface area contributed by atoms with Crippen molar-refractivity contribution in [3.63, 3.8) is 0 Å². The highest BCUT2D eigenvalue weighted by Gasteiger charge is 2.27. The molecule has 1 aliphatic rings. The molecule has 5 rings (SSSR count). The van der Waals surface area contributed by atoms with E-state index in [9.17, 15) is 4.79 Å². The van der Waals surface area contributed by atoms with Crippen molar-refractivity contribution in [3.05, 3.63) is 72.3 Å². The van der Waals surface area contributed by atoms with Gasteiger partial charge < -0.3 is 14.8 Å². The summed E-state index contributed by atoms with van der Waals surface area (Å²) >= 11 is 1.67. The maximum Gasteiger partial charge on any atom is 0.269 e. The first-order valence-electron chi connectivity index (χ1n) is 9.33. The molecule has 0 radical (unpaired) electrons. The summed E-state index contributed by atoms with van der Waals surface area (Å²) in [5, 5.41) is 3.86. The molecule has 0 unspecified atom stereocenters. The zero-order valence-electron chi connectivity index (χ0n) is 15.7. The van der Waals surface area contributed by atoms with Crippen molar-refractivity contribution in [2.24, 2.45) is 0 Å². The predicted molar refractivity (Wildman–Crippen MR) is 115 cm³/mol. The van der Waals surface area contributed by atoms with Crippen molar-refractivity contribution in [2.45, 2.75) is 13.0 Å². The number of nitrogens with zero attached hydrogens (tertiary/aromatic N) is 1. The van der Waals surface area contributed by atoms with Crippen molar-refractivity contribution in [3.8, 4) is 22.1 Å². The van der Waals surface area contributed by atoms with Crippen LogP contribution in [0.25, 0.3) is 20.8 Å². The van der Waals surface area contributed by atoms with Gasteiger partial charge in [-0.1, -0.05) is 18.2 Å². The minimum Gasteiger partial charge on any atom is -0.485 e. The molecule has 6 heteroatoms. The van der Waals surface area contributed by atoms with Crippen LogP contribution < -0.4 is 14.8 Å². The first-order valence-corrected chi connectivity index (χ1v) is 10.1. The lowest BCUT2D eigenvalue weighted by Gasteiger charge is -2.25. The number of aryl methyl sites for hydroxylation is 1. The van der Waals surface area contributed by atoms with E-state index < -0.39 is 6.10 Å². The number of thiazole rings is 1. The third-order valence-electron chi connectivity index (χ3n) is 4.74. The summed E-state index contributed by atoms with van der Waals surface area (Å²) in [4.78, 5) is 17.3. The van der Waals surface area contributed by atoms with Gasteiger partial charge in [-0.15, -0.1) is 11.3 Å². The van der Waals surface area contributed by atoms with E-state index in [0.717, 1.165) is 16.1 Å². The molecule has 1 amide bonds. The minimum absolute atomic E-state index is 0.187. The van der Waals surface area contributed by atoms with Crippen molar-refractivity contribution in [1.29, 1.82) is 0 Å². The highest BCUT2D eigenvalue weighted by Crippen LogP contribution is 2.32. The fourth-order valence-corrected chi connectivity index (χ4v) is 4.29. The molecule has 0 fully saturated rings. The topological polar surface area (TPSA) is 60.5 Å². The van der Waals surface area contributed by atoms with E-state index in [-0.39, 0.29) is 12.5 Å². The summed E-state index contributed by atoms with van der Waals surface area (Å²) in [6.07, 6.45) is -0.683. The lowest BCUT2D eigenvalue weighted by molar-refractivity contribution is -0.125. The Hall–Kier alpha value is -3.38. The number of carbonyl (C=O) groups is 1. The number of para-hydroxylation sites is 2. The molecule has 4 aromatic rings. The number of hydrogen-bond acceptors (Lipinski definition) is 5. The maximum atomic E-state index is 12.6. The van der Waals surface area contributed by atoms with E-state index in [1.165, 1.54) is 10.3 Å². The number of anilines is 1. The molecule has 1 aliphatic heterocycles. The number of carbonyl (C=O) groups excluding carboxylic acids is 1. The van der Waals surface area contributed by atoms with E-state index in [4.69, 9.17) is 14.5 Å². The normalized spacial score (nSPS) is 15.3. The zero-order valence-corrected chi connectivity index (χ0v) is 16.5. The van der Waals surface area contributed by atoms with Crippen molar-refractivity contribution in [2.75, 3.05) is 11.9 Å². The average Bonchev–Trinajstić information content (AvgIpc) is 3.17. The molecule has 0 spiro atoms. The van der Waals surface area contributed by atoms with Gasteiger partial charge in [0.15, 0.2) is 11.5 Å². The van der Waals surface area contributed by atoms with Gasteiger partial charge in [-0.25, -0.2) is 4.98 Å². The average molecular weight is 402 g/mol. The van der Waals surface area contributed by atoms with Crippen LogP contribution in [-0.2, 0) is 4.79 Å². The van der Waals surface area contributed by atoms with Crippen LogP contribution >= 0.6 is 11.3 Å². The SMILES string of the molecule is Cc1ccc2nc(-c3ccc(NC(=O)[C@@H]4COc5ccccc5O4)cc3)sc2c1. The number of hydrogen-bond donors (Lipinski definition) is 1. The van der Waals surface area contributed by atoms with Crippen LogP contribution in [0.1, 0.15) is 5.56 Å². The van der Waals surface area contributed by atoms with Crippen LogP contribution in [0.3, 0.4) is 0 Å². The second-order valence-electron chi connectivity index (χ2n) is 6.92. The number of ether oxygens (including phenoxy) is 2. The Balaban J connectivity index is 1.29. The molecule has 1 aromatic heterocycles. The van der Waals surface area contributed by atoms with Crippen LogP contribution in [0.4, 0.5) is 5.69 Å². The Morgan fingerprint density at radius 2 is 1.86 bits per heavy atom. The molecule has 2 heterocycles. The zero-order chi connectivity index (χ0) is 19.8. The van der Waals surface area contributed by atoms with Gasteiger partial charge in [-0.3, -0.25) is 4.79 Å². The molecular formula is C23H18N2O3S. The lowest BCUT2D eigenvalue weighted by Crippen LogP contribution is -2.40. The minimum atomic E-state index is -0.683. The van der Waals surface area contributed by atoms with Crippen LogP contribution in [0.15, 0.2) is 66.7 Å².